The summed E-state index contributed by atoms with van der Waals surface area (Å²) < 4.78 is 36.0. The molecule has 0 spiro atoms. The van der Waals surface area contributed by atoms with E-state index in [9.17, 15) is 13.6 Å². The van der Waals surface area contributed by atoms with Gasteiger partial charge in [0.2, 0.25) is 11.8 Å². The van der Waals surface area contributed by atoms with Crippen LogP contribution in [-0.2, 0) is 13.6 Å². The van der Waals surface area contributed by atoms with E-state index < -0.39 is 5.95 Å². The van der Waals surface area contributed by atoms with Crippen molar-refractivity contribution in [1.29, 1.82) is 0 Å². The van der Waals surface area contributed by atoms with E-state index in [2.05, 4.69) is 10.1 Å². The number of hydrogen-bond acceptors (Lipinski definition) is 4. The second-order valence-electron chi connectivity index (χ2n) is 7.10. The molecule has 0 fully saturated rings. The van der Waals surface area contributed by atoms with Crippen molar-refractivity contribution in [2.45, 2.75) is 6.54 Å². The summed E-state index contributed by atoms with van der Waals surface area (Å²) in [6.07, 6.45) is 1.61. The molecule has 0 saturated carbocycles. The van der Waals surface area contributed by atoms with Crippen molar-refractivity contribution in [3.05, 3.63) is 94.5 Å². The van der Waals surface area contributed by atoms with Crippen molar-refractivity contribution in [2.24, 2.45) is 7.05 Å². The van der Waals surface area contributed by atoms with Crippen LogP contribution < -0.4 is 10.3 Å². The molecule has 6 nitrogen and oxygen atoms in total. The number of aromatic nitrogens is 4. The molecule has 31 heavy (non-hydrogen) atoms. The van der Waals surface area contributed by atoms with Crippen LogP contribution in [0.2, 0.25) is 0 Å². The molecule has 0 atom stereocenters. The molecule has 3 heterocycles. The minimum atomic E-state index is -0.635. The second kappa shape index (κ2) is 7.32. The maximum atomic E-state index is 14.0. The molecule has 5 aromatic rings. The number of ether oxygens (including phenoxy) is 1. The molecule has 0 N–H and O–H groups in total. The summed E-state index contributed by atoms with van der Waals surface area (Å²) in [4.78, 5) is 16.8. The molecule has 0 bridgehead atoms. The molecule has 0 aliphatic rings. The van der Waals surface area contributed by atoms with Crippen LogP contribution in [0.1, 0.15) is 5.56 Å². The van der Waals surface area contributed by atoms with Crippen molar-refractivity contribution in [3.63, 3.8) is 0 Å². The van der Waals surface area contributed by atoms with Gasteiger partial charge in [-0.25, -0.2) is 9.07 Å². The molecule has 8 heteroatoms. The van der Waals surface area contributed by atoms with Crippen LogP contribution in [0.3, 0.4) is 0 Å². The number of rotatable bonds is 4. The summed E-state index contributed by atoms with van der Waals surface area (Å²) in [5, 5.41) is 5.75. The third-order valence-electron chi connectivity index (χ3n) is 5.16. The van der Waals surface area contributed by atoms with Gasteiger partial charge in [0, 0.05) is 35.5 Å². The van der Waals surface area contributed by atoms with E-state index in [-0.39, 0.29) is 23.8 Å². The van der Waals surface area contributed by atoms with E-state index >= 15 is 0 Å². The minimum Gasteiger partial charge on any atom is -0.439 e. The fourth-order valence-corrected chi connectivity index (χ4v) is 3.67. The van der Waals surface area contributed by atoms with E-state index in [0.717, 1.165) is 10.9 Å². The molecule has 3 aromatic heterocycles. The lowest BCUT2D eigenvalue weighted by Crippen LogP contribution is -2.24. The van der Waals surface area contributed by atoms with Crippen LogP contribution in [-0.4, -0.2) is 19.3 Å². The lowest BCUT2D eigenvalue weighted by Gasteiger charge is -2.06. The van der Waals surface area contributed by atoms with Gasteiger partial charge in [-0.3, -0.25) is 4.79 Å². The van der Waals surface area contributed by atoms with Crippen LogP contribution >= 0.6 is 0 Å². The first-order chi connectivity index (χ1) is 15.0. The Hall–Kier alpha value is -4.07. The normalized spacial score (nSPS) is 11.3. The zero-order valence-corrected chi connectivity index (χ0v) is 16.4. The Kier molecular flexibility index (Phi) is 4.47. The van der Waals surface area contributed by atoms with Crippen molar-refractivity contribution in [1.82, 2.24) is 19.3 Å². The first kappa shape index (κ1) is 18.9. The van der Waals surface area contributed by atoms with Gasteiger partial charge in [-0.15, -0.1) is 0 Å². The van der Waals surface area contributed by atoms with Gasteiger partial charge in [0.1, 0.15) is 17.1 Å². The Morgan fingerprint density at radius 3 is 2.65 bits per heavy atom. The van der Waals surface area contributed by atoms with Gasteiger partial charge in [0.15, 0.2) is 0 Å². The van der Waals surface area contributed by atoms with Crippen LogP contribution in [0.25, 0.3) is 21.8 Å². The van der Waals surface area contributed by atoms with Crippen molar-refractivity contribution in [2.75, 3.05) is 0 Å². The standard InChI is InChI=1S/C23H16F2N4O2/c1-28-19-11-15(31-21-8-4-7-20(25)27-21)9-10-16(19)17-12-26-29(23(30)22(17)28)13-14-5-2-3-6-18(14)24/h2-12H,13H2,1H3. The summed E-state index contributed by atoms with van der Waals surface area (Å²) in [5.74, 6) is -0.436. The fourth-order valence-electron chi connectivity index (χ4n) is 3.67. The van der Waals surface area contributed by atoms with Gasteiger partial charge < -0.3 is 9.30 Å². The summed E-state index contributed by atoms with van der Waals surface area (Å²) in [5.41, 5.74) is 1.25. The highest BCUT2D eigenvalue weighted by atomic mass is 19.1. The summed E-state index contributed by atoms with van der Waals surface area (Å²) >= 11 is 0. The molecule has 0 unspecified atom stereocenters. The summed E-state index contributed by atoms with van der Waals surface area (Å²) in [7, 11) is 1.77. The monoisotopic (exact) mass is 418 g/mol. The molecule has 0 aliphatic heterocycles. The Morgan fingerprint density at radius 1 is 1.00 bits per heavy atom. The van der Waals surface area contributed by atoms with Crippen molar-refractivity contribution < 1.29 is 13.5 Å². The molecule has 2 aromatic carbocycles. The maximum absolute atomic E-state index is 14.0. The van der Waals surface area contributed by atoms with E-state index in [4.69, 9.17) is 4.74 Å². The Morgan fingerprint density at radius 2 is 1.84 bits per heavy atom. The highest BCUT2D eigenvalue weighted by molar-refractivity contribution is 6.07. The van der Waals surface area contributed by atoms with Crippen molar-refractivity contribution in [3.8, 4) is 11.6 Å². The summed E-state index contributed by atoms with van der Waals surface area (Å²) in [6, 6.07) is 15.9. The average Bonchev–Trinajstić information content (AvgIpc) is 3.04. The van der Waals surface area contributed by atoms with Crippen LogP contribution in [0, 0.1) is 11.8 Å². The van der Waals surface area contributed by atoms with Crippen LogP contribution in [0.4, 0.5) is 8.78 Å². The Bertz CT molecular complexity index is 1510. The number of benzene rings is 2. The van der Waals surface area contributed by atoms with Gasteiger partial charge >= 0.3 is 0 Å². The largest absolute Gasteiger partial charge is 0.439 e. The van der Waals surface area contributed by atoms with E-state index in [0.29, 0.717) is 22.2 Å². The van der Waals surface area contributed by atoms with E-state index in [1.54, 1.807) is 54.2 Å². The Labute approximate surface area is 175 Å². The highest BCUT2D eigenvalue weighted by Crippen LogP contribution is 2.30. The third kappa shape index (κ3) is 3.31. The van der Waals surface area contributed by atoms with Gasteiger partial charge in [-0.2, -0.15) is 14.5 Å². The number of pyridine rings is 1. The number of aryl methyl sites for hydroxylation is 1. The van der Waals surface area contributed by atoms with E-state index in [1.807, 2.05) is 6.07 Å². The number of nitrogens with zero attached hydrogens (tertiary/aromatic N) is 4. The summed E-state index contributed by atoms with van der Waals surface area (Å²) in [6.45, 7) is 0.0303. The fraction of sp³-hybridized carbons (Fsp3) is 0.0870. The molecule has 0 saturated heterocycles. The lowest BCUT2D eigenvalue weighted by molar-refractivity contribution is 0.446. The molecule has 154 valence electrons. The predicted molar refractivity (Wildman–Crippen MR) is 112 cm³/mol. The minimum absolute atomic E-state index is 0.0303. The van der Waals surface area contributed by atoms with Gasteiger partial charge in [0.05, 0.1) is 18.3 Å². The maximum Gasteiger partial charge on any atom is 0.291 e. The average molecular weight is 418 g/mol. The van der Waals surface area contributed by atoms with Crippen molar-refractivity contribution >= 4 is 21.8 Å². The number of hydrogen-bond donors (Lipinski definition) is 0. The SMILES string of the molecule is Cn1c2cc(Oc3cccc(F)n3)ccc2c2cnn(Cc3ccccc3F)c(=O)c21. The van der Waals surface area contributed by atoms with Gasteiger partial charge in [0.25, 0.3) is 5.56 Å². The second-order valence-corrected chi connectivity index (χ2v) is 7.10. The first-order valence-electron chi connectivity index (χ1n) is 9.53. The molecule has 0 aliphatic carbocycles. The third-order valence-corrected chi connectivity index (χ3v) is 5.16. The van der Waals surface area contributed by atoms with Gasteiger partial charge in [-0.05, 0) is 24.3 Å². The Balaban J connectivity index is 1.59. The molecular formula is C23H16F2N4O2. The van der Waals surface area contributed by atoms with Crippen LogP contribution in [0.15, 0.2) is 71.7 Å². The number of fused-ring (bicyclic) bond motifs is 3. The topological polar surface area (TPSA) is 61.9 Å². The molecular weight excluding hydrogens is 402 g/mol. The van der Waals surface area contributed by atoms with Crippen LogP contribution in [0.5, 0.6) is 11.6 Å². The van der Waals surface area contributed by atoms with Gasteiger partial charge in [-0.1, -0.05) is 24.3 Å². The first-order valence-corrected chi connectivity index (χ1v) is 9.53. The molecule has 0 amide bonds. The quantitative estimate of drug-likeness (QED) is 0.406. The molecule has 0 radical (unpaired) electrons. The number of halogens is 2. The zero-order valence-electron chi connectivity index (χ0n) is 16.4. The smallest absolute Gasteiger partial charge is 0.291 e. The lowest BCUT2D eigenvalue weighted by atomic mass is 10.2. The van der Waals surface area contributed by atoms with E-state index in [1.165, 1.54) is 22.9 Å². The highest BCUT2D eigenvalue weighted by Gasteiger charge is 2.16. The predicted octanol–water partition coefficient (Wildman–Crippen LogP) is 4.40. The molecule has 5 rings (SSSR count). The zero-order chi connectivity index (χ0) is 21.5.